The highest BCUT2D eigenvalue weighted by molar-refractivity contribution is 9.10. The monoisotopic (exact) mass is 349 g/mol. The van der Waals surface area contributed by atoms with Crippen molar-refractivity contribution in [3.05, 3.63) is 33.2 Å². The normalized spacial score (nSPS) is 12.2. The smallest absolute Gasteiger partial charge is 0.246 e. The maximum absolute atomic E-state index is 12.2. The van der Waals surface area contributed by atoms with Gasteiger partial charge in [-0.2, -0.15) is 9.40 Å². The molecule has 0 aliphatic rings. The zero-order valence-electron chi connectivity index (χ0n) is 9.87. The van der Waals surface area contributed by atoms with Crippen LogP contribution in [-0.2, 0) is 23.6 Å². The second-order valence-electron chi connectivity index (χ2n) is 3.84. The van der Waals surface area contributed by atoms with Crippen LogP contribution in [0.25, 0.3) is 0 Å². The van der Waals surface area contributed by atoms with E-state index in [0.29, 0.717) is 6.54 Å². The van der Waals surface area contributed by atoms with Gasteiger partial charge in [0.25, 0.3) is 0 Å². The van der Waals surface area contributed by atoms with E-state index in [2.05, 4.69) is 21.0 Å². The summed E-state index contributed by atoms with van der Waals surface area (Å²) in [6.45, 7) is 0.355. The van der Waals surface area contributed by atoms with Gasteiger partial charge in [0.15, 0.2) is 0 Å². The maximum Gasteiger partial charge on any atom is 0.246 e. The third-order valence-corrected chi connectivity index (χ3v) is 5.83. The number of hydrogen-bond acceptors (Lipinski definition) is 4. The molecule has 8 heteroatoms. The van der Waals surface area contributed by atoms with E-state index in [1.54, 1.807) is 14.1 Å². The molecule has 18 heavy (non-hydrogen) atoms. The summed E-state index contributed by atoms with van der Waals surface area (Å²) in [5.74, 6) is 0. The standard InChI is InChI=1S/C10H12BrN3O2S2/c1-13-6-10(4-12-13)18(15,16)14(2)5-9-3-8(11)7-17-9/h3-4,6-7H,5H2,1-2H3. The first-order valence-electron chi connectivity index (χ1n) is 5.07. The molecule has 5 nitrogen and oxygen atoms in total. The minimum atomic E-state index is -3.47. The third-order valence-electron chi connectivity index (χ3n) is 2.39. The number of rotatable bonds is 4. The highest BCUT2D eigenvalue weighted by Gasteiger charge is 2.22. The Morgan fingerprint density at radius 1 is 1.56 bits per heavy atom. The van der Waals surface area contributed by atoms with E-state index in [4.69, 9.17) is 0 Å². The Morgan fingerprint density at radius 2 is 2.28 bits per heavy atom. The molecule has 0 saturated heterocycles. The topological polar surface area (TPSA) is 55.2 Å². The van der Waals surface area contributed by atoms with Crippen LogP contribution in [0.2, 0.25) is 0 Å². The van der Waals surface area contributed by atoms with Crippen molar-refractivity contribution in [1.29, 1.82) is 0 Å². The Bertz CT molecular complexity index is 648. The van der Waals surface area contributed by atoms with Crippen LogP contribution in [0.4, 0.5) is 0 Å². The molecule has 2 heterocycles. The van der Waals surface area contributed by atoms with Gasteiger partial charge in [0.1, 0.15) is 4.90 Å². The van der Waals surface area contributed by atoms with Crippen molar-refractivity contribution in [2.24, 2.45) is 7.05 Å². The van der Waals surface area contributed by atoms with Crippen LogP contribution < -0.4 is 0 Å². The van der Waals surface area contributed by atoms with Crippen LogP contribution >= 0.6 is 27.3 Å². The quantitative estimate of drug-likeness (QED) is 0.848. The highest BCUT2D eigenvalue weighted by atomic mass is 79.9. The number of aromatic nitrogens is 2. The summed E-state index contributed by atoms with van der Waals surface area (Å²) in [7, 11) is -0.210. The lowest BCUT2D eigenvalue weighted by Gasteiger charge is -2.14. The van der Waals surface area contributed by atoms with Crippen molar-refractivity contribution < 1.29 is 8.42 Å². The highest BCUT2D eigenvalue weighted by Crippen LogP contribution is 2.23. The maximum atomic E-state index is 12.2. The number of sulfonamides is 1. The van der Waals surface area contributed by atoms with Crippen LogP contribution in [0.5, 0.6) is 0 Å². The van der Waals surface area contributed by atoms with Crippen molar-refractivity contribution in [1.82, 2.24) is 14.1 Å². The summed E-state index contributed by atoms with van der Waals surface area (Å²) in [5, 5.41) is 5.81. The van der Waals surface area contributed by atoms with Crippen molar-refractivity contribution in [2.45, 2.75) is 11.4 Å². The predicted octanol–water partition coefficient (Wildman–Crippen LogP) is 2.06. The molecule has 2 rings (SSSR count). The fourth-order valence-corrected chi connectivity index (χ4v) is 4.17. The van der Waals surface area contributed by atoms with Gasteiger partial charge in [-0.25, -0.2) is 8.42 Å². The fourth-order valence-electron chi connectivity index (χ4n) is 1.45. The van der Waals surface area contributed by atoms with Gasteiger partial charge in [-0.1, -0.05) is 0 Å². The van der Waals surface area contributed by atoms with Gasteiger partial charge in [-0.15, -0.1) is 11.3 Å². The van der Waals surface area contributed by atoms with Crippen LogP contribution in [0.3, 0.4) is 0 Å². The second kappa shape index (κ2) is 5.12. The molecule has 0 spiro atoms. The Labute approximate surface area is 118 Å². The summed E-state index contributed by atoms with van der Waals surface area (Å²) >= 11 is 4.87. The molecule has 2 aromatic heterocycles. The Morgan fingerprint density at radius 3 is 2.78 bits per heavy atom. The Balaban J connectivity index is 2.20. The van der Waals surface area contributed by atoms with Gasteiger partial charge < -0.3 is 0 Å². The van der Waals surface area contributed by atoms with E-state index in [1.807, 2.05) is 11.4 Å². The number of thiophene rings is 1. The molecule has 0 aromatic carbocycles. The molecular formula is C10H12BrN3O2S2. The summed E-state index contributed by atoms with van der Waals surface area (Å²) < 4.78 is 28.2. The number of aryl methyl sites for hydroxylation is 1. The van der Waals surface area contributed by atoms with Crippen molar-refractivity contribution in [3.8, 4) is 0 Å². The SMILES string of the molecule is CN(Cc1cc(Br)cs1)S(=O)(=O)c1cnn(C)c1. The molecule has 0 N–H and O–H groups in total. The first-order valence-corrected chi connectivity index (χ1v) is 8.19. The number of halogens is 1. The minimum absolute atomic E-state index is 0.211. The van der Waals surface area contributed by atoms with E-state index >= 15 is 0 Å². The molecule has 2 aromatic rings. The van der Waals surface area contributed by atoms with Crippen LogP contribution in [0, 0.1) is 0 Å². The lowest BCUT2D eigenvalue weighted by atomic mass is 10.5. The van der Waals surface area contributed by atoms with Gasteiger partial charge in [0.05, 0.1) is 6.20 Å². The fraction of sp³-hybridized carbons (Fsp3) is 0.300. The predicted molar refractivity (Wildman–Crippen MR) is 73.9 cm³/mol. The first-order chi connectivity index (χ1) is 8.39. The average Bonchev–Trinajstić information content (AvgIpc) is 2.88. The Hall–Kier alpha value is -0.700. The van der Waals surface area contributed by atoms with Gasteiger partial charge in [0, 0.05) is 41.6 Å². The molecule has 0 saturated carbocycles. The number of nitrogens with zero attached hydrogens (tertiary/aromatic N) is 3. The van der Waals surface area contributed by atoms with Gasteiger partial charge in [-0.05, 0) is 22.0 Å². The Kier molecular flexibility index (Phi) is 3.90. The molecule has 0 radical (unpaired) electrons. The summed E-state index contributed by atoms with van der Waals surface area (Å²) in [6.07, 6.45) is 2.85. The summed E-state index contributed by atoms with van der Waals surface area (Å²) in [6, 6.07) is 1.92. The molecule has 0 atom stereocenters. The molecule has 0 aliphatic carbocycles. The molecule has 98 valence electrons. The molecular weight excluding hydrogens is 338 g/mol. The third kappa shape index (κ3) is 2.82. The van der Waals surface area contributed by atoms with Crippen molar-refractivity contribution in [3.63, 3.8) is 0 Å². The van der Waals surface area contributed by atoms with Crippen molar-refractivity contribution in [2.75, 3.05) is 7.05 Å². The molecule has 0 bridgehead atoms. The molecule has 0 aliphatic heterocycles. The lowest BCUT2D eigenvalue weighted by Crippen LogP contribution is -2.25. The zero-order valence-corrected chi connectivity index (χ0v) is 13.1. The molecule has 0 fully saturated rings. The lowest BCUT2D eigenvalue weighted by molar-refractivity contribution is 0.469. The van der Waals surface area contributed by atoms with Gasteiger partial charge in [-0.3, -0.25) is 4.68 Å². The van der Waals surface area contributed by atoms with E-state index in [9.17, 15) is 8.42 Å². The molecule has 0 unspecified atom stereocenters. The van der Waals surface area contributed by atoms with E-state index < -0.39 is 10.0 Å². The zero-order chi connectivity index (χ0) is 13.3. The van der Waals surface area contributed by atoms with Crippen LogP contribution in [0.1, 0.15) is 4.88 Å². The van der Waals surface area contributed by atoms with Crippen LogP contribution in [0.15, 0.2) is 33.2 Å². The van der Waals surface area contributed by atoms with E-state index in [-0.39, 0.29) is 4.90 Å². The largest absolute Gasteiger partial charge is 0.274 e. The van der Waals surface area contributed by atoms with Gasteiger partial charge in [0.2, 0.25) is 10.0 Å². The van der Waals surface area contributed by atoms with E-state index in [1.165, 1.54) is 32.7 Å². The summed E-state index contributed by atoms with van der Waals surface area (Å²) in [4.78, 5) is 1.19. The number of hydrogen-bond donors (Lipinski definition) is 0. The second-order valence-corrected chi connectivity index (χ2v) is 7.80. The van der Waals surface area contributed by atoms with Gasteiger partial charge >= 0.3 is 0 Å². The van der Waals surface area contributed by atoms with E-state index in [0.717, 1.165) is 9.35 Å². The minimum Gasteiger partial charge on any atom is -0.274 e. The summed E-state index contributed by atoms with van der Waals surface area (Å²) in [5.41, 5.74) is 0. The van der Waals surface area contributed by atoms with Crippen molar-refractivity contribution >= 4 is 37.3 Å². The molecule has 0 amide bonds. The van der Waals surface area contributed by atoms with Crippen LogP contribution in [-0.4, -0.2) is 29.6 Å². The first kappa shape index (κ1) is 13.7. The average molecular weight is 350 g/mol.